The first-order valence-electron chi connectivity index (χ1n) is 9.40. The normalized spacial score (nSPS) is 25.2. The number of nitrogens with zero attached hydrogens (tertiary/aromatic N) is 3. The van der Waals surface area contributed by atoms with Crippen LogP contribution in [0.3, 0.4) is 0 Å². The number of fused-ring (bicyclic) bond motifs is 1. The Morgan fingerprint density at radius 3 is 2.71 bits per heavy atom. The number of hydrogen-bond donors (Lipinski definition) is 2. The molecule has 28 heavy (non-hydrogen) atoms. The van der Waals surface area contributed by atoms with Crippen molar-refractivity contribution < 1.29 is 19.2 Å². The van der Waals surface area contributed by atoms with Gasteiger partial charge >= 0.3 is 11.7 Å². The molecule has 1 aliphatic carbocycles. The number of aromatic amines is 1. The minimum atomic E-state index is -1.03. The van der Waals surface area contributed by atoms with Gasteiger partial charge in [0.05, 0.1) is 11.7 Å². The summed E-state index contributed by atoms with van der Waals surface area (Å²) in [5, 5.41) is 14.5. The number of nitrogens with one attached hydrogen (secondary N) is 1. The van der Waals surface area contributed by atoms with E-state index in [0.29, 0.717) is 36.9 Å². The molecule has 2 N–H and O–H groups in total. The van der Waals surface area contributed by atoms with Crippen molar-refractivity contribution in [2.24, 2.45) is 5.92 Å². The number of carboxylic acid groups (broad SMARTS) is 1. The molecule has 0 aromatic carbocycles. The zero-order valence-electron chi connectivity index (χ0n) is 15.3. The summed E-state index contributed by atoms with van der Waals surface area (Å²) >= 11 is 0. The van der Waals surface area contributed by atoms with Crippen LogP contribution < -0.4 is 5.76 Å². The summed E-state index contributed by atoms with van der Waals surface area (Å²) in [5.74, 6) is -0.930. The van der Waals surface area contributed by atoms with E-state index in [2.05, 4.69) is 15.1 Å². The van der Waals surface area contributed by atoms with Gasteiger partial charge in [0.2, 0.25) is 0 Å². The van der Waals surface area contributed by atoms with Crippen LogP contribution in [0.1, 0.15) is 54.1 Å². The van der Waals surface area contributed by atoms with Crippen molar-refractivity contribution in [3.8, 4) is 0 Å². The first-order valence-corrected chi connectivity index (χ1v) is 9.40. The highest BCUT2D eigenvalue weighted by Crippen LogP contribution is 2.55. The number of aromatic nitrogens is 4. The minimum absolute atomic E-state index is 0.0946. The Hall–Kier alpha value is -2.94. The molecule has 1 saturated carbocycles. The molecule has 2 fully saturated rings. The summed E-state index contributed by atoms with van der Waals surface area (Å²) in [6, 6.07) is 3.65. The van der Waals surface area contributed by atoms with Crippen LogP contribution in [-0.2, 0) is 10.3 Å². The quantitative estimate of drug-likeness (QED) is 0.706. The number of hydrogen-bond acceptors (Lipinski definition) is 6. The van der Waals surface area contributed by atoms with Crippen LogP contribution in [0.15, 0.2) is 27.6 Å². The van der Waals surface area contributed by atoms with Crippen LogP contribution in [-0.4, -0.2) is 44.0 Å². The second-order valence-electron chi connectivity index (χ2n) is 7.70. The van der Waals surface area contributed by atoms with Gasteiger partial charge in [0, 0.05) is 30.2 Å². The Morgan fingerprint density at radius 1 is 1.36 bits per heavy atom. The Balaban J connectivity index is 1.68. The molecule has 9 heteroatoms. The smallest absolute Gasteiger partial charge is 0.438 e. The predicted octanol–water partition coefficient (Wildman–Crippen LogP) is 2.09. The Kier molecular flexibility index (Phi) is 3.70. The van der Waals surface area contributed by atoms with Crippen molar-refractivity contribution in [3.63, 3.8) is 0 Å². The number of ether oxygens (including phenoxy) is 1. The third-order valence-electron chi connectivity index (χ3n) is 6.09. The maximum Gasteiger partial charge on any atom is 0.438 e. The molecular weight excluding hydrogens is 364 g/mol. The van der Waals surface area contributed by atoms with E-state index < -0.39 is 17.3 Å². The van der Waals surface area contributed by atoms with Crippen molar-refractivity contribution in [3.05, 3.63) is 46.1 Å². The molecule has 1 saturated heterocycles. The van der Waals surface area contributed by atoms with E-state index >= 15 is 0 Å². The SMILES string of the molecule is C[C@H]1C[C@]1(c1noc(=O)[nH]1)n1c(C(=O)O)cc2cc(C3CCOCC3)ncc21. The van der Waals surface area contributed by atoms with E-state index in [-0.39, 0.29) is 11.6 Å². The van der Waals surface area contributed by atoms with Crippen LogP contribution in [0.4, 0.5) is 0 Å². The topological polar surface area (TPSA) is 123 Å². The summed E-state index contributed by atoms with van der Waals surface area (Å²) in [4.78, 5) is 30.8. The average molecular weight is 384 g/mol. The molecule has 1 aliphatic heterocycles. The molecule has 3 aromatic rings. The fourth-order valence-electron chi connectivity index (χ4n) is 4.50. The second-order valence-corrected chi connectivity index (χ2v) is 7.70. The molecule has 0 bridgehead atoms. The van der Waals surface area contributed by atoms with Crippen LogP contribution in [0.5, 0.6) is 0 Å². The van der Waals surface area contributed by atoms with Gasteiger partial charge in [-0.25, -0.2) is 9.59 Å². The van der Waals surface area contributed by atoms with Gasteiger partial charge in [0.15, 0.2) is 5.82 Å². The van der Waals surface area contributed by atoms with Crippen molar-refractivity contribution in [1.82, 2.24) is 19.7 Å². The van der Waals surface area contributed by atoms with Gasteiger partial charge in [0.1, 0.15) is 11.2 Å². The number of rotatable bonds is 4. The number of H-pyrrole nitrogens is 1. The third kappa shape index (κ3) is 2.42. The molecule has 9 nitrogen and oxygen atoms in total. The van der Waals surface area contributed by atoms with E-state index in [1.54, 1.807) is 16.8 Å². The second kappa shape index (κ2) is 6.03. The summed E-state index contributed by atoms with van der Waals surface area (Å²) in [6.07, 6.45) is 4.21. The zero-order chi connectivity index (χ0) is 19.5. The Morgan fingerprint density at radius 2 is 2.11 bits per heavy atom. The lowest BCUT2D eigenvalue weighted by molar-refractivity contribution is 0.0682. The van der Waals surface area contributed by atoms with E-state index in [1.807, 2.05) is 13.0 Å². The minimum Gasteiger partial charge on any atom is -0.477 e. The van der Waals surface area contributed by atoms with E-state index in [9.17, 15) is 14.7 Å². The van der Waals surface area contributed by atoms with Gasteiger partial charge in [-0.15, -0.1) is 0 Å². The van der Waals surface area contributed by atoms with Crippen molar-refractivity contribution in [2.45, 2.75) is 37.6 Å². The fourth-order valence-corrected chi connectivity index (χ4v) is 4.50. The molecule has 2 atom stereocenters. The lowest BCUT2D eigenvalue weighted by Gasteiger charge is -2.22. The Labute approximate surface area is 159 Å². The molecule has 0 amide bonds. The first-order chi connectivity index (χ1) is 13.5. The number of aromatic carboxylic acids is 1. The molecule has 3 aromatic heterocycles. The van der Waals surface area contributed by atoms with E-state index in [0.717, 1.165) is 23.9 Å². The highest BCUT2D eigenvalue weighted by Gasteiger charge is 2.59. The van der Waals surface area contributed by atoms with E-state index in [4.69, 9.17) is 9.26 Å². The van der Waals surface area contributed by atoms with Crippen LogP contribution >= 0.6 is 0 Å². The van der Waals surface area contributed by atoms with Crippen molar-refractivity contribution in [2.75, 3.05) is 13.2 Å². The van der Waals surface area contributed by atoms with Crippen molar-refractivity contribution in [1.29, 1.82) is 0 Å². The third-order valence-corrected chi connectivity index (χ3v) is 6.09. The zero-order valence-corrected chi connectivity index (χ0v) is 15.3. The van der Waals surface area contributed by atoms with Gasteiger partial charge in [-0.1, -0.05) is 12.1 Å². The summed E-state index contributed by atoms with van der Waals surface area (Å²) in [5.41, 5.74) is 1.07. The molecule has 4 heterocycles. The van der Waals surface area contributed by atoms with Gasteiger partial charge in [-0.2, -0.15) is 0 Å². The lowest BCUT2D eigenvalue weighted by Crippen LogP contribution is -2.26. The van der Waals surface area contributed by atoms with Gasteiger partial charge < -0.3 is 14.4 Å². The largest absolute Gasteiger partial charge is 0.477 e. The summed E-state index contributed by atoms with van der Waals surface area (Å²) in [7, 11) is 0. The summed E-state index contributed by atoms with van der Waals surface area (Å²) in [6.45, 7) is 3.42. The molecule has 5 rings (SSSR count). The molecule has 0 radical (unpaired) electrons. The molecule has 0 spiro atoms. The Bertz CT molecular complexity index is 1120. The van der Waals surface area contributed by atoms with Crippen LogP contribution in [0, 0.1) is 5.92 Å². The molecular formula is C19H20N4O5. The van der Waals surface area contributed by atoms with Crippen LogP contribution in [0.2, 0.25) is 0 Å². The highest BCUT2D eigenvalue weighted by molar-refractivity contribution is 5.95. The monoisotopic (exact) mass is 384 g/mol. The molecule has 146 valence electrons. The molecule has 2 aliphatic rings. The maximum atomic E-state index is 12.0. The van der Waals surface area contributed by atoms with E-state index in [1.165, 1.54) is 0 Å². The number of pyridine rings is 1. The standard InChI is InChI=1S/C19H20N4O5/c1-10-8-19(10,17-21-18(26)28-22-17)23-14(16(24)25)7-12-6-13(20-9-15(12)23)11-2-4-27-5-3-11/h6-7,9-11H,2-5,8H2,1H3,(H,24,25)(H,21,22,26)/t10-,19-/m0/s1. The summed E-state index contributed by atoms with van der Waals surface area (Å²) < 4.78 is 11.9. The number of carboxylic acids is 1. The fraction of sp³-hybridized carbons (Fsp3) is 0.474. The molecule has 0 unspecified atom stereocenters. The predicted molar refractivity (Wildman–Crippen MR) is 97.5 cm³/mol. The number of carbonyl (C=O) groups is 1. The lowest BCUT2D eigenvalue weighted by atomic mass is 9.95. The van der Waals surface area contributed by atoms with Gasteiger partial charge in [-0.3, -0.25) is 14.5 Å². The average Bonchev–Trinajstić information content (AvgIpc) is 3.05. The highest BCUT2D eigenvalue weighted by atomic mass is 16.5. The van der Waals surface area contributed by atoms with Crippen molar-refractivity contribution >= 4 is 16.9 Å². The van der Waals surface area contributed by atoms with Crippen LogP contribution in [0.25, 0.3) is 10.9 Å². The maximum absolute atomic E-state index is 12.0. The van der Waals surface area contributed by atoms with Gasteiger partial charge in [-0.05, 0) is 37.3 Å². The first kappa shape index (κ1) is 17.2. The van der Waals surface area contributed by atoms with Gasteiger partial charge in [0.25, 0.3) is 0 Å².